The summed E-state index contributed by atoms with van der Waals surface area (Å²) < 4.78 is 12.4. The van der Waals surface area contributed by atoms with E-state index >= 15 is 0 Å². The van der Waals surface area contributed by atoms with Crippen LogP contribution in [0.4, 0.5) is 0 Å². The second kappa shape index (κ2) is 10.4. The van der Waals surface area contributed by atoms with E-state index in [0.717, 1.165) is 55.4 Å². The first-order valence-corrected chi connectivity index (χ1v) is 11.7. The van der Waals surface area contributed by atoms with E-state index in [2.05, 4.69) is 44.7 Å². The van der Waals surface area contributed by atoms with Crippen molar-refractivity contribution in [2.24, 2.45) is 5.92 Å². The zero-order chi connectivity index (χ0) is 23.3. The largest absolute Gasteiger partial charge is 0.487 e. The monoisotopic (exact) mass is 445 g/mol. The Morgan fingerprint density at radius 1 is 1.28 bits per heavy atom. The maximum atomic E-state index is 12.6. The summed E-state index contributed by atoms with van der Waals surface area (Å²) >= 11 is 0. The maximum Gasteiger partial charge on any atom is 0.311 e. The molecule has 0 radical (unpaired) electrons. The summed E-state index contributed by atoms with van der Waals surface area (Å²) in [6.45, 7) is 8.49. The van der Waals surface area contributed by atoms with Crippen molar-refractivity contribution in [2.45, 2.75) is 90.6 Å². The van der Waals surface area contributed by atoms with Crippen LogP contribution >= 0.6 is 0 Å². The molecular formula is C25H35NO6. The Morgan fingerprint density at radius 2 is 2.06 bits per heavy atom. The number of nitrogens with zero attached hydrogens (tertiary/aromatic N) is 1. The van der Waals surface area contributed by atoms with Gasteiger partial charge in [-0.3, -0.25) is 4.79 Å². The van der Waals surface area contributed by atoms with Crippen LogP contribution in [0.2, 0.25) is 0 Å². The number of esters is 1. The number of rotatable bonds is 10. The Hall–Kier alpha value is -2.57. The molecule has 3 rings (SSSR count). The lowest BCUT2D eigenvalue weighted by molar-refractivity contribution is -0.757. The lowest BCUT2D eigenvalue weighted by atomic mass is 9.67. The van der Waals surface area contributed by atoms with Crippen LogP contribution in [0.1, 0.15) is 89.7 Å². The van der Waals surface area contributed by atoms with Crippen LogP contribution in [0, 0.1) is 16.0 Å². The first-order chi connectivity index (χ1) is 15.2. The summed E-state index contributed by atoms with van der Waals surface area (Å²) in [6, 6.07) is 4.12. The van der Waals surface area contributed by atoms with Gasteiger partial charge in [0, 0.05) is 23.8 Å². The lowest BCUT2D eigenvalue weighted by Crippen LogP contribution is -2.45. The fourth-order valence-electron chi connectivity index (χ4n) is 4.94. The van der Waals surface area contributed by atoms with Crippen LogP contribution in [-0.4, -0.2) is 23.3 Å². The van der Waals surface area contributed by atoms with Gasteiger partial charge >= 0.3 is 5.97 Å². The molecule has 1 aromatic carbocycles. The van der Waals surface area contributed by atoms with Gasteiger partial charge in [0.1, 0.15) is 17.1 Å². The van der Waals surface area contributed by atoms with Crippen LogP contribution in [-0.2, 0) is 16.1 Å². The minimum absolute atomic E-state index is 0.0576. The Morgan fingerprint density at radius 3 is 2.78 bits per heavy atom. The average Bonchev–Trinajstić information content (AvgIpc) is 2.70. The number of benzene rings is 1. The predicted octanol–water partition coefficient (Wildman–Crippen LogP) is 5.92. The third-order valence-electron chi connectivity index (χ3n) is 6.56. The van der Waals surface area contributed by atoms with E-state index in [0.29, 0.717) is 11.7 Å². The zero-order valence-corrected chi connectivity index (χ0v) is 19.6. The predicted molar refractivity (Wildman–Crippen MR) is 121 cm³/mol. The van der Waals surface area contributed by atoms with E-state index in [1.54, 1.807) is 0 Å². The molecule has 0 N–H and O–H groups in total. The van der Waals surface area contributed by atoms with Crippen molar-refractivity contribution >= 4 is 5.97 Å². The molecule has 0 amide bonds. The van der Waals surface area contributed by atoms with Gasteiger partial charge in [-0.25, -0.2) is 0 Å². The third-order valence-corrected chi connectivity index (χ3v) is 6.56. The number of ether oxygens (including phenoxy) is 2. The van der Waals surface area contributed by atoms with Crippen LogP contribution < -0.4 is 9.47 Å². The highest BCUT2D eigenvalue weighted by Gasteiger charge is 2.46. The van der Waals surface area contributed by atoms with E-state index < -0.39 is 11.1 Å². The molecule has 1 heterocycles. The second-order valence-electron chi connectivity index (χ2n) is 9.51. The molecule has 0 aromatic heterocycles. The van der Waals surface area contributed by atoms with Gasteiger partial charge in [0.15, 0.2) is 0 Å². The number of aryl methyl sites for hydroxylation is 1. The Kier molecular flexibility index (Phi) is 7.80. The average molecular weight is 446 g/mol. The molecule has 1 aliphatic heterocycles. The highest BCUT2D eigenvalue weighted by atomic mass is 16.9. The van der Waals surface area contributed by atoms with Crippen LogP contribution in [0.25, 0.3) is 0 Å². The molecule has 0 saturated heterocycles. The number of carbonyl (C=O) groups is 1. The highest BCUT2D eigenvalue weighted by Crippen LogP contribution is 2.54. The molecular weight excluding hydrogens is 410 g/mol. The summed E-state index contributed by atoms with van der Waals surface area (Å²) in [7, 11) is 0. The van der Waals surface area contributed by atoms with Crippen molar-refractivity contribution in [2.75, 3.05) is 6.61 Å². The van der Waals surface area contributed by atoms with Crippen molar-refractivity contribution in [1.29, 1.82) is 0 Å². The topological polar surface area (TPSA) is 87.9 Å². The minimum atomic E-state index is -0.848. The fraction of sp³-hybridized carbons (Fsp3) is 0.640. The van der Waals surface area contributed by atoms with E-state index in [4.69, 9.17) is 9.47 Å². The van der Waals surface area contributed by atoms with Crippen LogP contribution in [0.3, 0.4) is 0 Å². The zero-order valence-electron chi connectivity index (χ0n) is 19.6. The molecule has 0 spiro atoms. The Balaban J connectivity index is 1.89. The number of hydrogen-bond acceptors (Lipinski definition) is 6. The molecule has 0 bridgehead atoms. The molecule has 1 unspecified atom stereocenters. The summed E-state index contributed by atoms with van der Waals surface area (Å²) in [5, 5.41) is 9.46. The normalized spacial score (nSPS) is 20.9. The van der Waals surface area contributed by atoms with Crippen molar-refractivity contribution in [3.8, 4) is 11.5 Å². The van der Waals surface area contributed by atoms with E-state index in [9.17, 15) is 14.9 Å². The van der Waals surface area contributed by atoms with E-state index in [1.165, 1.54) is 5.57 Å². The van der Waals surface area contributed by atoms with Gasteiger partial charge in [-0.1, -0.05) is 31.4 Å². The molecule has 1 aliphatic carbocycles. The van der Waals surface area contributed by atoms with Crippen molar-refractivity contribution in [3.63, 3.8) is 0 Å². The number of allylic oxidation sites excluding steroid dienone is 2. The molecule has 2 atom stereocenters. The smallest absolute Gasteiger partial charge is 0.311 e. The molecule has 0 fully saturated rings. The van der Waals surface area contributed by atoms with Crippen LogP contribution in [0.5, 0.6) is 11.5 Å². The van der Waals surface area contributed by atoms with Gasteiger partial charge in [0.2, 0.25) is 0 Å². The number of unbranched alkanes of at least 4 members (excludes halogenated alkanes) is 2. The van der Waals surface area contributed by atoms with Gasteiger partial charge in [-0.05, 0) is 70.6 Å². The molecule has 2 aliphatic rings. The van der Waals surface area contributed by atoms with Gasteiger partial charge in [0.05, 0.1) is 6.61 Å². The van der Waals surface area contributed by atoms with Crippen molar-refractivity contribution < 1.29 is 24.2 Å². The van der Waals surface area contributed by atoms with Crippen molar-refractivity contribution in [3.05, 3.63) is 45.0 Å². The van der Waals surface area contributed by atoms with E-state index in [1.807, 2.05) is 6.07 Å². The number of hydrogen-bond donors (Lipinski definition) is 0. The molecule has 7 nitrogen and oxygen atoms in total. The third kappa shape index (κ3) is 5.81. The summed E-state index contributed by atoms with van der Waals surface area (Å²) in [4.78, 5) is 27.2. The molecule has 176 valence electrons. The molecule has 1 aromatic rings. The summed E-state index contributed by atoms with van der Waals surface area (Å²) in [5.41, 5.74) is 3.12. The maximum absolute atomic E-state index is 12.6. The summed E-state index contributed by atoms with van der Waals surface area (Å²) in [6.07, 6.45) is 8.68. The fourth-order valence-corrected chi connectivity index (χ4v) is 4.94. The van der Waals surface area contributed by atoms with Gasteiger partial charge in [-0.15, -0.1) is 10.1 Å². The number of carbonyl (C=O) groups excluding carboxylic acids is 1. The quantitative estimate of drug-likeness (QED) is 0.111. The van der Waals surface area contributed by atoms with Gasteiger partial charge in [-0.2, -0.15) is 0 Å². The SMILES string of the molecule is CCCCCc1cc(OC(=O)CCCO[N+](=O)[O-])c2c(c1)OC(C)(C)C1CC=C(C)C[C@@H]21. The van der Waals surface area contributed by atoms with Crippen molar-refractivity contribution in [1.82, 2.24) is 0 Å². The van der Waals surface area contributed by atoms with Gasteiger partial charge < -0.3 is 14.3 Å². The number of fused-ring (bicyclic) bond motifs is 3. The second-order valence-corrected chi connectivity index (χ2v) is 9.51. The first-order valence-electron chi connectivity index (χ1n) is 11.7. The molecule has 32 heavy (non-hydrogen) atoms. The molecule has 7 heteroatoms. The minimum Gasteiger partial charge on any atom is -0.487 e. The highest BCUT2D eigenvalue weighted by molar-refractivity contribution is 5.73. The van der Waals surface area contributed by atoms with Gasteiger partial charge in [0.25, 0.3) is 5.09 Å². The Labute approximate surface area is 190 Å². The summed E-state index contributed by atoms with van der Waals surface area (Å²) in [5.74, 6) is 1.52. The molecule has 0 saturated carbocycles. The first kappa shape index (κ1) is 24.1. The van der Waals surface area contributed by atoms with Crippen LogP contribution in [0.15, 0.2) is 23.8 Å². The van der Waals surface area contributed by atoms with E-state index in [-0.39, 0.29) is 31.0 Å². The standard InChI is InChI=1S/C25H35NO6/c1-5-6-7-9-18-15-21(31-23(27)10-8-13-30-26(28)29)24-19-14-17(2)11-12-20(19)25(3,4)32-22(24)16-18/h11,15-16,19-20H,5-10,12-14H2,1-4H3/t19-,20?/m1/s1. The lowest BCUT2D eigenvalue weighted by Gasteiger charge is -2.47. The Bertz CT molecular complexity index is 875.